The van der Waals surface area contributed by atoms with Gasteiger partial charge in [0.25, 0.3) is 11.8 Å². The number of carbonyl (C=O) groups excluding carboxylic acids is 5. The van der Waals surface area contributed by atoms with E-state index in [2.05, 4.69) is 5.32 Å². The van der Waals surface area contributed by atoms with Gasteiger partial charge in [0.15, 0.2) is 0 Å². The normalized spacial score (nSPS) is 15.5. The van der Waals surface area contributed by atoms with E-state index in [9.17, 15) is 24.0 Å². The Morgan fingerprint density at radius 2 is 0.818 bits per heavy atom. The Balaban J connectivity index is 1.32. The third-order valence-electron chi connectivity index (χ3n) is 7.55. The molecule has 2 atom stereocenters. The van der Waals surface area contributed by atoms with Crippen LogP contribution in [-0.2, 0) is 76.1 Å². The zero-order chi connectivity index (χ0) is 39.8. The van der Waals surface area contributed by atoms with E-state index in [-0.39, 0.29) is 39.3 Å². The summed E-state index contributed by atoms with van der Waals surface area (Å²) in [6.45, 7) is 9.64. The minimum absolute atomic E-state index is 0.00807. The Bertz CT molecular complexity index is 1080. The van der Waals surface area contributed by atoms with Crippen LogP contribution in [0.3, 0.4) is 0 Å². The highest BCUT2D eigenvalue weighted by atomic mass is 16.6. The molecule has 0 spiro atoms. The van der Waals surface area contributed by atoms with Gasteiger partial charge in [-0.1, -0.05) is 0 Å². The standard InChI is InChI=1S/C35H59N3O17/c1-29(37-31(40)2-3-32(37)41)35(44)36-30(38-33(42)4-5-34(38)43)28-55-27-26-54-25-24-53-23-22-52-21-20-51-19-18-50-17-16-49-15-14-48-13-12-47-11-10-46-9-8-45-7-6-39/h2-3,29-30,39H,4-28H2,1H3,(H,36,44). The molecule has 1 fully saturated rings. The number of carbonyl (C=O) groups is 5. The van der Waals surface area contributed by atoms with E-state index < -0.39 is 41.7 Å². The highest BCUT2D eigenvalue weighted by Crippen LogP contribution is 2.16. The van der Waals surface area contributed by atoms with Gasteiger partial charge in [0.2, 0.25) is 17.7 Å². The fraction of sp³-hybridized carbons (Fsp3) is 0.800. The zero-order valence-electron chi connectivity index (χ0n) is 31.9. The van der Waals surface area contributed by atoms with Crippen molar-refractivity contribution in [3.63, 3.8) is 0 Å². The number of hydrogen-bond acceptors (Lipinski definition) is 17. The third-order valence-corrected chi connectivity index (χ3v) is 7.55. The summed E-state index contributed by atoms with van der Waals surface area (Å²) in [5.41, 5.74) is 0. The van der Waals surface area contributed by atoms with E-state index in [4.69, 9.17) is 57.2 Å². The smallest absolute Gasteiger partial charge is 0.254 e. The highest BCUT2D eigenvalue weighted by molar-refractivity contribution is 6.15. The molecule has 0 bridgehead atoms. The molecule has 2 heterocycles. The summed E-state index contributed by atoms with van der Waals surface area (Å²) in [7, 11) is 0. The summed E-state index contributed by atoms with van der Waals surface area (Å²) in [5, 5.41) is 11.1. The maximum atomic E-state index is 12.8. The van der Waals surface area contributed by atoms with Crippen LogP contribution >= 0.6 is 0 Å². The Morgan fingerprint density at radius 3 is 1.13 bits per heavy atom. The SMILES string of the molecule is CC(C(=O)NC(COCCOCCOCCOCCOCCOCCOCCOCCOCCOCCOCCO)N1C(=O)CCC1=O)N1C(=O)C=CC1=O. The van der Waals surface area contributed by atoms with Gasteiger partial charge in [-0.05, 0) is 6.92 Å². The number of imide groups is 2. The van der Waals surface area contributed by atoms with E-state index >= 15 is 0 Å². The fourth-order valence-corrected chi connectivity index (χ4v) is 4.78. The summed E-state index contributed by atoms with van der Waals surface area (Å²) in [6.07, 6.45) is 1.07. The molecule has 2 aliphatic rings. The molecular formula is C35H59N3O17. The maximum Gasteiger partial charge on any atom is 0.254 e. The predicted octanol–water partition coefficient (Wildman–Crippen LogP) is -1.93. The van der Waals surface area contributed by atoms with Gasteiger partial charge in [0, 0.05) is 25.0 Å². The number of nitrogens with zero attached hydrogens (tertiary/aromatic N) is 2. The van der Waals surface area contributed by atoms with Gasteiger partial charge in [0.05, 0.1) is 152 Å². The summed E-state index contributed by atoms with van der Waals surface area (Å²) in [6, 6.07) is -1.15. The minimum Gasteiger partial charge on any atom is -0.394 e. The Morgan fingerprint density at radius 1 is 0.527 bits per heavy atom. The van der Waals surface area contributed by atoms with Crippen molar-refractivity contribution >= 4 is 29.5 Å². The van der Waals surface area contributed by atoms with Crippen molar-refractivity contribution < 1.29 is 81.2 Å². The molecule has 2 unspecified atom stereocenters. The second-order valence-corrected chi connectivity index (χ2v) is 11.7. The molecule has 0 saturated carbocycles. The second kappa shape index (κ2) is 32.1. The molecule has 55 heavy (non-hydrogen) atoms. The van der Waals surface area contributed by atoms with Crippen LogP contribution in [0.4, 0.5) is 0 Å². The van der Waals surface area contributed by atoms with Crippen LogP contribution in [0.5, 0.6) is 0 Å². The number of aliphatic hydroxyl groups excluding tert-OH is 1. The van der Waals surface area contributed by atoms with Crippen LogP contribution in [0.25, 0.3) is 0 Å². The van der Waals surface area contributed by atoms with Crippen molar-refractivity contribution in [1.82, 2.24) is 15.1 Å². The molecule has 316 valence electrons. The summed E-state index contributed by atoms with van der Waals surface area (Å²) >= 11 is 0. The molecule has 0 aromatic heterocycles. The molecule has 1 saturated heterocycles. The second-order valence-electron chi connectivity index (χ2n) is 11.7. The predicted molar refractivity (Wildman–Crippen MR) is 190 cm³/mol. The maximum absolute atomic E-state index is 12.8. The minimum atomic E-state index is -1.15. The lowest BCUT2D eigenvalue weighted by atomic mass is 10.2. The number of likely N-dealkylation sites (tertiary alicyclic amines) is 1. The first-order valence-corrected chi connectivity index (χ1v) is 18.5. The summed E-state index contributed by atoms with van der Waals surface area (Å²) in [5.74, 6) is -2.87. The van der Waals surface area contributed by atoms with Gasteiger partial charge in [-0.15, -0.1) is 0 Å². The van der Waals surface area contributed by atoms with Crippen LogP contribution in [0, 0.1) is 0 Å². The van der Waals surface area contributed by atoms with Crippen molar-refractivity contribution in [3.05, 3.63) is 12.2 Å². The van der Waals surface area contributed by atoms with Gasteiger partial charge < -0.3 is 62.5 Å². The van der Waals surface area contributed by atoms with Crippen molar-refractivity contribution in [3.8, 4) is 0 Å². The summed E-state index contributed by atoms with van der Waals surface area (Å²) in [4.78, 5) is 63.1. The fourth-order valence-electron chi connectivity index (χ4n) is 4.78. The lowest BCUT2D eigenvalue weighted by Gasteiger charge is -2.29. The number of nitrogens with one attached hydrogen (secondary N) is 1. The number of hydrogen-bond donors (Lipinski definition) is 2. The average molecular weight is 794 g/mol. The third kappa shape index (κ3) is 22.4. The largest absolute Gasteiger partial charge is 0.394 e. The highest BCUT2D eigenvalue weighted by Gasteiger charge is 2.39. The van der Waals surface area contributed by atoms with Gasteiger partial charge in [-0.2, -0.15) is 0 Å². The molecule has 0 aliphatic carbocycles. The molecule has 0 aromatic carbocycles. The van der Waals surface area contributed by atoms with E-state index in [0.29, 0.717) is 126 Å². The van der Waals surface area contributed by atoms with E-state index in [1.165, 1.54) is 6.92 Å². The molecule has 20 nitrogen and oxygen atoms in total. The zero-order valence-corrected chi connectivity index (χ0v) is 31.9. The molecule has 2 N–H and O–H groups in total. The van der Waals surface area contributed by atoms with Crippen molar-refractivity contribution in [1.29, 1.82) is 0 Å². The number of ether oxygens (including phenoxy) is 11. The first kappa shape index (κ1) is 48.2. The monoisotopic (exact) mass is 793 g/mol. The molecule has 20 heteroatoms. The molecule has 0 aromatic rings. The number of amides is 5. The van der Waals surface area contributed by atoms with Gasteiger partial charge in [-0.3, -0.25) is 33.8 Å². The quantitative estimate of drug-likeness (QED) is 0.0513. The average Bonchev–Trinajstić information content (AvgIpc) is 3.70. The Hall–Kier alpha value is -2.99. The Labute approximate surface area is 321 Å². The molecule has 0 radical (unpaired) electrons. The number of aliphatic hydroxyl groups is 1. The lowest BCUT2D eigenvalue weighted by Crippen LogP contribution is -2.57. The van der Waals surface area contributed by atoms with Crippen LogP contribution in [-0.4, -0.2) is 209 Å². The van der Waals surface area contributed by atoms with E-state index in [0.717, 1.165) is 22.0 Å². The lowest BCUT2D eigenvalue weighted by molar-refractivity contribution is -0.149. The van der Waals surface area contributed by atoms with E-state index in [1.807, 2.05) is 0 Å². The topological polar surface area (TPSA) is 226 Å². The van der Waals surface area contributed by atoms with Crippen molar-refractivity contribution in [2.45, 2.75) is 32.0 Å². The molecule has 5 amide bonds. The first-order valence-electron chi connectivity index (χ1n) is 18.5. The van der Waals surface area contributed by atoms with Crippen LogP contribution in [0.2, 0.25) is 0 Å². The van der Waals surface area contributed by atoms with Crippen LogP contribution in [0.15, 0.2) is 12.2 Å². The van der Waals surface area contributed by atoms with Gasteiger partial charge >= 0.3 is 0 Å². The van der Waals surface area contributed by atoms with Crippen molar-refractivity contribution in [2.75, 3.05) is 152 Å². The van der Waals surface area contributed by atoms with Crippen LogP contribution in [0.1, 0.15) is 19.8 Å². The molecule has 2 aliphatic heterocycles. The van der Waals surface area contributed by atoms with Crippen LogP contribution < -0.4 is 5.32 Å². The van der Waals surface area contributed by atoms with Gasteiger partial charge in [-0.25, -0.2) is 0 Å². The van der Waals surface area contributed by atoms with Gasteiger partial charge in [0.1, 0.15) is 12.2 Å². The number of rotatable bonds is 38. The van der Waals surface area contributed by atoms with E-state index in [1.54, 1.807) is 0 Å². The van der Waals surface area contributed by atoms with Crippen molar-refractivity contribution in [2.24, 2.45) is 0 Å². The summed E-state index contributed by atoms with van der Waals surface area (Å²) < 4.78 is 59.6. The molecule has 2 rings (SSSR count). The Kier molecular flexibility index (Phi) is 28.1. The first-order chi connectivity index (χ1) is 26.9. The molecular weight excluding hydrogens is 734 g/mol.